The number of nitrogens with zero attached hydrogens (tertiary/aromatic N) is 4. The second-order valence-corrected chi connectivity index (χ2v) is 10.0. The summed E-state index contributed by atoms with van der Waals surface area (Å²) in [6.45, 7) is 15.3. The van der Waals surface area contributed by atoms with Crippen LogP contribution in [0.25, 0.3) is 5.69 Å². The summed E-state index contributed by atoms with van der Waals surface area (Å²) >= 11 is 6.37. The highest BCUT2D eigenvalue weighted by molar-refractivity contribution is 6.31. The monoisotopic (exact) mass is 544 g/mol. The first-order valence-electron chi connectivity index (χ1n) is 12.0. The molecule has 0 saturated heterocycles. The van der Waals surface area contributed by atoms with Gasteiger partial charge >= 0.3 is 0 Å². The van der Waals surface area contributed by atoms with Gasteiger partial charge in [-0.1, -0.05) is 18.2 Å². The van der Waals surface area contributed by atoms with Crippen LogP contribution in [0.4, 0.5) is 8.78 Å². The highest BCUT2D eigenvalue weighted by Crippen LogP contribution is 2.26. The maximum Gasteiger partial charge on any atom is 0.277 e. The van der Waals surface area contributed by atoms with E-state index in [9.17, 15) is 13.6 Å². The number of hydrogen-bond acceptors (Lipinski definition) is 6. The van der Waals surface area contributed by atoms with Crippen molar-refractivity contribution in [3.8, 4) is 11.4 Å². The van der Waals surface area contributed by atoms with E-state index in [-0.39, 0.29) is 29.2 Å². The van der Waals surface area contributed by atoms with Gasteiger partial charge in [-0.2, -0.15) is 0 Å². The molecule has 3 aromatic heterocycles. The first-order valence-corrected chi connectivity index (χ1v) is 12.4. The van der Waals surface area contributed by atoms with Crippen molar-refractivity contribution in [3.05, 3.63) is 92.9 Å². The summed E-state index contributed by atoms with van der Waals surface area (Å²) < 4.78 is 40.0. The lowest BCUT2D eigenvalue weighted by Gasteiger charge is -2.26. The summed E-state index contributed by atoms with van der Waals surface area (Å²) in [6.07, 6.45) is 4.19. The molecule has 0 saturated carbocycles. The molecule has 0 fully saturated rings. The summed E-state index contributed by atoms with van der Waals surface area (Å²) in [4.78, 5) is 26.2. The van der Waals surface area contributed by atoms with Crippen molar-refractivity contribution in [2.45, 2.75) is 59.9 Å². The first kappa shape index (κ1) is 29.1. The van der Waals surface area contributed by atoms with E-state index < -0.39 is 22.8 Å². The summed E-state index contributed by atoms with van der Waals surface area (Å²) in [6, 6.07) is 4.02. The average Bonchev–Trinajstić information content (AvgIpc) is 2.82. The molecule has 0 aliphatic heterocycles. The zero-order valence-electron chi connectivity index (χ0n) is 22.3. The minimum Gasteiger partial charge on any atom is -0.485 e. The average molecular weight is 545 g/mol. The summed E-state index contributed by atoms with van der Waals surface area (Å²) in [5.41, 5.74) is 1.76. The van der Waals surface area contributed by atoms with Crippen LogP contribution in [0.1, 0.15) is 50.3 Å². The van der Waals surface area contributed by atoms with Crippen LogP contribution >= 0.6 is 11.6 Å². The lowest BCUT2D eigenvalue weighted by molar-refractivity contribution is -0.0484. The Labute approximate surface area is 225 Å². The van der Waals surface area contributed by atoms with Gasteiger partial charge in [0.2, 0.25) is 0 Å². The molecule has 202 valence electrons. The van der Waals surface area contributed by atoms with Gasteiger partial charge < -0.3 is 9.47 Å². The molecule has 0 amide bonds. The van der Waals surface area contributed by atoms with Gasteiger partial charge in [0.1, 0.15) is 28.9 Å². The van der Waals surface area contributed by atoms with Crippen LogP contribution in [0.2, 0.25) is 5.02 Å². The quantitative estimate of drug-likeness (QED) is 0.295. The minimum atomic E-state index is -0.857. The van der Waals surface area contributed by atoms with Crippen molar-refractivity contribution in [2.75, 3.05) is 6.54 Å². The minimum absolute atomic E-state index is 0.0500. The second kappa shape index (κ2) is 12.0. The van der Waals surface area contributed by atoms with Crippen LogP contribution < -0.4 is 10.3 Å². The highest BCUT2D eigenvalue weighted by atomic mass is 35.5. The number of hydrogen-bond donors (Lipinski definition) is 0. The third kappa shape index (κ3) is 6.90. The van der Waals surface area contributed by atoms with Gasteiger partial charge in [-0.15, -0.1) is 0 Å². The fourth-order valence-corrected chi connectivity index (χ4v) is 4.07. The first-order chi connectivity index (χ1) is 17.8. The van der Waals surface area contributed by atoms with Crippen molar-refractivity contribution < 1.29 is 18.3 Å². The molecule has 3 aromatic rings. The van der Waals surface area contributed by atoms with Gasteiger partial charge in [-0.25, -0.2) is 8.78 Å². The molecule has 0 aliphatic carbocycles. The number of pyridine rings is 3. The smallest absolute Gasteiger partial charge is 0.277 e. The highest BCUT2D eigenvalue weighted by Gasteiger charge is 2.21. The van der Waals surface area contributed by atoms with Crippen LogP contribution in [0.3, 0.4) is 0 Å². The Balaban J connectivity index is 1.96. The number of halogens is 3. The van der Waals surface area contributed by atoms with Crippen LogP contribution in [0.15, 0.2) is 53.0 Å². The normalized spacial score (nSPS) is 12.2. The molecule has 38 heavy (non-hydrogen) atoms. The van der Waals surface area contributed by atoms with Crippen molar-refractivity contribution in [2.24, 2.45) is 4.99 Å². The molecule has 0 unspecified atom stereocenters. The van der Waals surface area contributed by atoms with E-state index in [0.29, 0.717) is 35.4 Å². The van der Waals surface area contributed by atoms with E-state index in [2.05, 4.69) is 21.5 Å². The summed E-state index contributed by atoms with van der Waals surface area (Å²) in [5.74, 6) is -1.60. The third-order valence-electron chi connectivity index (χ3n) is 5.50. The molecule has 3 rings (SSSR count). The standard InChI is InChI=1S/C28H31ClF2N4O3/c1-8-21(34-15-28(6,7)38-16(2)3)22-11-24(17(4)12-32-22)35-18(5)9-25(26(29)27(35)36)37-14-23-20(31)10-19(30)13-33-23/h8-13,16H,1,14-15H2,2-7H3/b34-21+. The van der Waals surface area contributed by atoms with Crippen LogP contribution in [-0.2, 0) is 11.3 Å². The molecule has 0 radical (unpaired) electrons. The number of rotatable bonds is 10. The predicted molar refractivity (Wildman–Crippen MR) is 145 cm³/mol. The van der Waals surface area contributed by atoms with E-state index >= 15 is 0 Å². The van der Waals surface area contributed by atoms with E-state index in [1.165, 1.54) is 4.57 Å². The number of aryl methyl sites for hydroxylation is 2. The Hall–Kier alpha value is -3.43. The molecule has 0 atom stereocenters. The van der Waals surface area contributed by atoms with E-state index in [1.807, 2.05) is 34.6 Å². The Morgan fingerprint density at radius 2 is 1.92 bits per heavy atom. The number of aromatic nitrogens is 3. The number of ether oxygens (including phenoxy) is 2. The Morgan fingerprint density at radius 1 is 1.21 bits per heavy atom. The molecule has 3 heterocycles. The molecule has 10 heteroatoms. The predicted octanol–water partition coefficient (Wildman–Crippen LogP) is 5.93. The lowest BCUT2D eigenvalue weighted by atomic mass is 10.1. The van der Waals surface area contributed by atoms with E-state index in [4.69, 9.17) is 21.1 Å². The molecule has 0 spiro atoms. The summed E-state index contributed by atoms with van der Waals surface area (Å²) in [5, 5.41) is -0.193. The van der Waals surface area contributed by atoms with Gasteiger partial charge in [0, 0.05) is 24.0 Å². The zero-order valence-corrected chi connectivity index (χ0v) is 23.1. The van der Waals surface area contributed by atoms with Gasteiger partial charge in [-0.3, -0.25) is 24.3 Å². The number of aliphatic imine (C=N–C) groups is 1. The summed E-state index contributed by atoms with van der Waals surface area (Å²) in [7, 11) is 0. The largest absolute Gasteiger partial charge is 0.485 e. The second-order valence-electron chi connectivity index (χ2n) is 9.66. The van der Waals surface area contributed by atoms with Gasteiger partial charge in [0.15, 0.2) is 5.82 Å². The maximum atomic E-state index is 13.9. The zero-order chi connectivity index (χ0) is 28.2. The third-order valence-corrected chi connectivity index (χ3v) is 5.85. The Morgan fingerprint density at radius 3 is 2.55 bits per heavy atom. The van der Waals surface area contributed by atoms with Gasteiger partial charge in [-0.05, 0) is 59.2 Å². The maximum absolute atomic E-state index is 13.9. The fraction of sp³-hybridized carbons (Fsp3) is 0.357. The molecule has 0 aliphatic rings. The van der Waals surface area contributed by atoms with Crippen molar-refractivity contribution >= 4 is 17.3 Å². The lowest BCUT2D eigenvalue weighted by Crippen LogP contribution is -2.31. The van der Waals surface area contributed by atoms with Gasteiger partial charge in [0.25, 0.3) is 5.56 Å². The van der Waals surface area contributed by atoms with Crippen molar-refractivity contribution in [3.63, 3.8) is 0 Å². The molecule has 0 N–H and O–H groups in total. The van der Waals surface area contributed by atoms with Crippen molar-refractivity contribution in [1.29, 1.82) is 0 Å². The van der Waals surface area contributed by atoms with E-state index in [0.717, 1.165) is 11.8 Å². The van der Waals surface area contributed by atoms with Gasteiger partial charge in [0.05, 0.1) is 41.5 Å². The molecular formula is C28H31ClF2N4O3. The fourth-order valence-electron chi connectivity index (χ4n) is 3.88. The van der Waals surface area contributed by atoms with Crippen LogP contribution in [0.5, 0.6) is 5.75 Å². The Bertz CT molecular complexity index is 1430. The van der Waals surface area contributed by atoms with E-state index in [1.54, 1.807) is 31.3 Å². The Kier molecular flexibility index (Phi) is 9.17. The van der Waals surface area contributed by atoms with Crippen LogP contribution in [-0.4, -0.2) is 38.5 Å². The molecule has 0 bridgehead atoms. The SMILES string of the molecule is C=C/C(=N\CC(C)(C)OC(C)C)c1cc(-n2c(C)cc(OCc3ncc(F)cc3F)c(Cl)c2=O)c(C)cn1. The molecule has 7 nitrogen and oxygen atoms in total. The number of allylic oxidation sites excluding steroid dienone is 1. The van der Waals surface area contributed by atoms with Crippen LogP contribution in [0, 0.1) is 25.5 Å². The molecular weight excluding hydrogens is 514 g/mol. The molecule has 0 aromatic carbocycles. The topological polar surface area (TPSA) is 78.6 Å². The van der Waals surface area contributed by atoms with Crippen molar-refractivity contribution in [1.82, 2.24) is 14.5 Å².